The van der Waals surface area contributed by atoms with E-state index < -0.39 is 5.97 Å². The number of nitrogens with two attached hydrogens (primary N) is 1. The summed E-state index contributed by atoms with van der Waals surface area (Å²) >= 11 is 6.36. The van der Waals surface area contributed by atoms with Crippen molar-refractivity contribution in [2.45, 2.75) is 46.0 Å². The largest absolute Gasteiger partial charge is 0.492 e. The van der Waals surface area contributed by atoms with E-state index in [1.54, 1.807) is 0 Å². The van der Waals surface area contributed by atoms with Gasteiger partial charge in [0.2, 0.25) is 5.91 Å². The molecule has 0 spiro atoms. The number of carboxylic acids is 1. The van der Waals surface area contributed by atoms with Crippen molar-refractivity contribution in [1.29, 1.82) is 0 Å². The average molecular weight is 342 g/mol. The molecule has 0 saturated heterocycles. The van der Waals surface area contributed by atoms with Crippen LogP contribution in [0.2, 0.25) is 5.02 Å². The molecule has 128 valence electrons. The summed E-state index contributed by atoms with van der Waals surface area (Å²) in [5.41, 5.74) is 7.05. The highest BCUT2D eigenvalue weighted by atomic mass is 35.5. The predicted molar refractivity (Wildman–Crippen MR) is 89.9 cm³/mol. The van der Waals surface area contributed by atoms with Crippen molar-refractivity contribution < 1.29 is 19.4 Å². The molecule has 0 aliphatic carbocycles. The van der Waals surface area contributed by atoms with Crippen LogP contribution in [0, 0.1) is 12.8 Å². The molecule has 0 aromatic heterocycles. The number of halogens is 1. The van der Waals surface area contributed by atoms with Crippen molar-refractivity contribution in [2.75, 3.05) is 6.61 Å². The number of benzene rings is 1. The van der Waals surface area contributed by atoms with Crippen LogP contribution in [0.1, 0.15) is 43.7 Å². The third kappa shape index (κ3) is 7.37. The van der Waals surface area contributed by atoms with E-state index in [1.165, 1.54) is 0 Å². The van der Waals surface area contributed by atoms with Crippen molar-refractivity contribution in [3.8, 4) is 5.75 Å². The Labute approximate surface area is 141 Å². The summed E-state index contributed by atoms with van der Waals surface area (Å²) in [6, 6.07) is 3.82. The average Bonchev–Trinajstić information content (AvgIpc) is 2.46. The third-order valence-electron chi connectivity index (χ3n) is 3.50. The van der Waals surface area contributed by atoms with E-state index in [2.05, 4.69) is 0 Å². The molecular formula is C17H24ClNO4. The minimum absolute atomic E-state index is 0.116. The summed E-state index contributed by atoms with van der Waals surface area (Å²) in [6.45, 7) is 4.38. The lowest BCUT2D eigenvalue weighted by molar-refractivity contribution is -0.137. The first-order valence-electron chi connectivity index (χ1n) is 7.71. The summed E-state index contributed by atoms with van der Waals surface area (Å²) in [6.07, 6.45) is 2.26. The van der Waals surface area contributed by atoms with Gasteiger partial charge in [0.15, 0.2) is 0 Å². The van der Waals surface area contributed by atoms with Crippen LogP contribution in [0.5, 0.6) is 5.75 Å². The minimum Gasteiger partial charge on any atom is -0.492 e. The lowest BCUT2D eigenvalue weighted by Gasteiger charge is -2.16. The molecule has 1 aromatic rings. The predicted octanol–water partition coefficient (Wildman–Crippen LogP) is 3.34. The molecule has 0 heterocycles. The van der Waals surface area contributed by atoms with Crippen molar-refractivity contribution in [1.82, 2.24) is 0 Å². The van der Waals surface area contributed by atoms with E-state index in [1.807, 2.05) is 26.0 Å². The highest BCUT2D eigenvalue weighted by molar-refractivity contribution is 6.32. The Morgan fingerprint density at radius 3 is 2.65 bits per heavy atom. The number of hydrogen-bond acceptors (Lipinski definition) is 3. The molecule has 1 rings (SSSR count). The van der Waals surface area contributed by atoms with Gasteiger partial charge in [0.1, 0.15) is 5.75 Å². The molecule has 1 atom stereocenters. The van der Waals surface area contributed by atoms with E-state index in [9.17, 15) is 9.59 Å². The molecule has 0 fully saturated rings. The third-order valence-corrected chi connectivity index (χ3v) is 3.93. The Morgan fingerprint density at radius 1 is 1.35 bits per heavy atom. The maximum absolute atomic E-state index is 10.8. The summed E-state index contributed by atoms with van der Waals surface area (Å²) in [4.78, 5) is 21.4. The fraction of sp³-hybridized carbons (Fsp3) is 0.529. The zero-order chi connectivity index (χ0) is 17.4. The van der Waals surface area contributed by atoms with Gasteiger partial charge < -0.3 is 15.6 Å². The van der Waals surface area contributed by atoms with Gasteiger partial charge in [-0.15, -0.1) is 0 Å². The summed E-state index contributed by atoms with van der Waals surface area (Å²) in [5.74, 6) is -0.336. The lowest BCUT2D eigenvalue weighted by Crippen LogP contribution is -2.15. The molecule has 0 aliphatic rings. The Morgan fingerprint density at radius 2 is 2.04 bits per heavy atom. The Bertz CT molecular complexity index is 560. The monoisotopic (exact) mass is 341 g/mol. The SMILES string of the molecule is Cc1cc(CCCC(=O)O)c(Cl)c(OC[C@@H](C)CCC(N)=O)c1. The summed E-state index contributed by atoms with van der Waals surface area (Å²) < 4.78 is 5.78. The number of rotatable bonds is 10. The van der Waals surface area contributed by atoms with Gasteiger partial charge in [0.05, 0.1) is 11.6 Å². The number of carbonyl (C=O) groups is 2. The molecule has 1 aromatic carbocycles. The Hall–Kier alpha value is -1.75. The van der Waals surface area contributed by atoms with Gasteiger partial charge in [-0.1, -0.05) is 24.6 Å². The topological polar surface area (TPSA) is 89.6 Å². The van der Waals surface area contributed by atoms with Crippen molar-refractivity contribution in [2.24, 2.45) is 11.7 Å². The lowest BCUT2D eigenvalue weighted by atomic mass is 10.0. The van der Waals surface area contributed by atoms with Gasteiger partial charge in [-0.2, -0.15) is 0 Å². The number of aliphatic carboxylic acids is 1. The zero-order valence-corrected chi connectivity index (χ0v) is 14.4. The van der Waals surface area contributed by atoms with E-state index in [0.29, 0.717) is 43.1 Å². The van der Waals surface area contributed by atoms with Crippen LogP contribution in [0.4, 0.5) is 0 Å². The van der Waals surface area contributed by atoms with Crippen LogP contribution in [0.25, 0.3) is 0 Å². The van der Waals surface area contributed by atoms with Crippen molar-refractivity contribution in [3.63, 3.8) is 0 Å². The molecule has 0 aliphatic heterocycles. The second-order valence-electron chi connectivity index (χ2n) is 5.90. The number of ether oxygens (including phenoxy) is 1. The van der Waals surface area contributed by atoms with Gasteiger partial charge in [0.25, 0.3) is 0 Å². The summed E-state index contributed by atoms with van der Waals surface area (Å²) in [7, 11) is 0. The number of carboxylic acid groups (broad SMARTS) is 1. The highest BCUT2D eigenvalue weighted by Crippen LogP contribution is 2.31. The molecule has 3 N–H and O–H groups in total. The second-order valence-corrected chi connectivity index (χ2v) is 6.28. The van der Waals surface area contributed by atoms with Gasteiger partial charge in [0, 0.05) is 12.8 Å². The smallest absolute Gasteiger partial charge is 0.303 e. The highest BCUT2D eigenvalue weighted by Gasteiger charge is 2.12. The molecule has 0 bridgehead atoms. The first kappa shape index (κ1) is 19.3. The molecule has 0 unspecified atom stereocenters. The molecule has 0 saturated carbocycles. The number of primary amides is 1. The number of aryl methyl sites for hydroxylation is 2. The quantitative estimate of drug-likeness (QED) is 0.683. The Balaban J connectivity index is 2.65. The minimum atomic E-state index is -0.812. The number of amides is 1. The van der Waals surface area contributed by atoms with E-state index >= 15 is 0 Å². The summed E-state index contributed by atoms with van der Waals surface area (Å²) in [5, 5.41) is 9.24. The van der Waals surface area contributed by atoms with Gasteiger partial charge in [-0.25, -0.2) is 0 Å². The normalized spacial score (nSPS) is 12.0. The molecule has 23 heavy (non-hydrogen) atoms. The van der Waals surface area contributed by atoms with Gasteiger partial charge in [-0.05, 0) is 49.3 Å². The molecule has 1 amide bonds. The van der Waals surface area contributed by atoms with Crippen molar-refractivity contribution >= 4 is 23.5 Å². The fourth-order valence-electron chi connectivity index (χ4n) is 2.23. The molecule has 0 radical (unpaired) electrons. The van der Waals surface area contributed by atoms with Crippen LogP contribution in [0.15, 0.2) is 12.1 Å². The molecule has 5 nitrogen and oxygen atoms in total. The fourth-order valence-corrected chi connectivity index (χ4v) is 2.49. The standard InChI is InChI=1S/C17H24ClNO4/c1-11(6-7-15(19)20)10-23-14-9-12(2)8-13(17(14)18)4-3-5-16(21)22/h8-9,11H,3-7,10H2,1-2H3,(H2,19,20)(H,21,22)/t11-/m0/s1. The van der Waals surface area contributed by atoms with E-state index in [-0.39, 0.29) is 18.2 Å². The Kier molecular flexibility index (Phi) is 7.89. The molecule has 6 heteroatoms. The zero-order valence-electron chi connectivity index (χ0n) is 13.6. The maximum atomic E-state index is 10.8. The van der Waals surface area contributed by atoms with Gasteiger partial charge >= 0.3 is 5.97 Å². The maximum Gasteiger partial charge on any atom is 0.303 e. The van der Waals surface area contributed by atoms with E-state index in [4.69, 9.17) is 27.2 Å². The second kappa shape index (κ2) is 9.40. The van der Waals surface area contributed by atoms with Crippen LogP contribution >= 0.6 is 11.6 Å². The van der Waals surface area contributed by atoms with Crippen LogP contribution in [0.3, 0.4) is 0 Å². The molecular weight excluding hydrogens is 318 g/mol. The van der Waals surface area contributed by atoms with Crippen LogP contribution in [-0.4, -0.2) is 23.6 Å². The first-order chi connectivity index (χ1) is 10.8. The van der Waals surface area contributed by atoms with E-state index in [0.717, 1.165) is 11.1 Å². The first-order valence-corrected chi connectivity index (χ1v) is 8.09. The number of carbonyl (C=O) groups excluding carboxylic acids is 1. The van der Waals surface area contributed by atoms with Crippen LogP contribution < -0.4 is 10.5 Å². The van der Waals surface area contributed by atoms with Gasteiger partial charge in [-0.3, -0.25) is 9.59 Å². The number of hydrogen-bond donors (Lipinski definition) is 2. The van der Waals surface area contributed by atoms with Crippen LogP contribution in [-0.2, 0) is 16.0 Å². The van der Waals surface area contributed by atoms with Crippen molar-refractivity contribution in [3.05, 3.63) is 28.3 Å².